The highest BCUT2D eigenvalue weighted by atomic mass is 16.2. The van der Waals surface area contributed by atoms with Crippen molar-refractivity contribution in [1.82, 2.24) is 9.80 Å². The molecule has 0 saturated carbocycles. The average Bonchev–Trinajstić information content (AvgIpc) is 2.34. The summed E-state index contributed by atoms with van der Waals surface area (Å²) in [4.78, 5) is 15.8. The van der Waals surface area contributed by atoms with Crippen molar-refractivity contribution in [3.05, 3.63) is 0 Å². The zero-order chi connectivity index (χ0) is 13.0. The Hall–Kier alpha value is -1.59. The van der Waals surface area contributed by atoms with Crippen LogP contribution in [0.15, 0.2) is 0 Å². The van der Waals surface area contributed by atoms with Gasteiger partial charge in [-0.3, -0.25) is 9.69 Å². The lowest BCUT2D eigenvalue weighted by Crippen LogP contribution is -2.55. The average molecular weight is 246 g/mol. The molecule has 2 heterocycles. The van der Waals surface area contributed by atoms with Crippen LogP contribution in [0.1, 0.15) is 25.7 Å². The van der Waals surface area contributed by atoms with E-state index in [1.165, 1.54) is 0 Å². The van der Waals surface area contributed by atoms with Crippen LogP contribution in [0.2, 0.25) is 0 Å². The molecule has 5 heteroatoms. The van der Waals surface area contributed by atoms with E-state index in [-0.39, 0.29) is 12.3 Å². The van der Waals surface area contributed by atoms with Gasteiger partial charge in [0.1, 0.15) is 6.42 Å². The largest absolute Gasteiger partial charge is 0.342 e. The van der Waals surface area contributed by atoms with Crippen molar-refractivity contribution in [2.75, 3.05) is 26.2 Å². The Morgan fingerprint density at radius 1 is 1.17 bits per heavy atom. The second-order valence-corrected chi connectivity index (χ2v) is 5.13. The van der Waals surface area contributed by atoms with Crippen LogP contribution in [0.25, 0.3) is 0 Å². The number of carbonyl (C=O) groups excluding carboxylic acids is 1. The smallest absolute Gasteiger partial charge is 0.236 e. The van der Waals surface area contributed by atoms with Crippen LogP contribution in [-0.2, 0) is 4.79 Å². The molecule has 2 aliphatic rings. The van der Waals surface area contributed by atoms with Gasteiger partial charge in [-0.15, -0.1) is 0 Å². The summed E-state index contributed by atoms with van der Waals surface area (Å²) in [6.45, 7) is 3.60. The Kier molecular flexibility index (Phi) is 4.17. The van der Waals surface area contributed by atoms with Gasteiger partial charge in [0.05, 0.1) is 12.1 Å². The third-order valence-corrected chi connectivity index (χ3v) is 3.93. The van der Waals surface area contributed by atoms with Crippen LogP contribution in [0, 0.1) is 28.6 Å². The van der Waals surface area contributed by atoms with Crippen molar-refractivity contribution in [2.45, 2.75) is 31.7 Å². The van der Waals surface area contributed by atoms with Crippen molar-refractivity contribution in [1.29, 1.82) is 10.5 Å². The summed E-state index contributed by atoms with van der Waals surface area (Å²) in [6.07, 6.45) is 2.65. The molecule has 5 nitrogen and oxygen atoms in total. The maximum absolute atomic E-state index is 11.5. The number of nitriles is 2. The molecule has 2 saturated heterocycles. The van der Waals surface area contributed by atoms with Crippen molar-refractivity contribution in [2.24, 2.45) is 5.92 Å². The standard InChI is InChI=1S/C13H18N4O/c14-5-1-11-9-17(10-11)12-3-7-16(8-4-12)13(18)2-6-15/h11-12H,1-4,7-10H2. The fourth-order valence-electron chi connectivity index (χ4n) is 2.83. The lowest BCUT2D eigenvalue weighted by Gasteiger charge is -2.46. The zero-order valence-electron chi connectivity index (χ0n) is 10.5. The number of amides is 1. The van der Waals surface area contributed by atoms with Crippen LogP contribution < -0.4 is 0 Å². The van der Waals surface area contributed by atoms with E-state index in [0.29, 0.717) is 18.4 Å². The van der Waals surface area contributed by atoms with Crippen molar-refractivity contribution < 1.29 is 4.79 Å². The van der Waals surface area contributed by atoms with Gasteiger partial charge < -0.3 is 4.90 Å². The molecule has 96 valence electrons. The van der Waals surface area contributed by atoms with E-state index in [4.69, 9.17) is 10.5 Å². The topological polar surface area (TPSA) is 71.1 Å². The number of piperidine rings is 1. The Morgan fingerprint density at radius 3 is 2.39 bits per heavy atom. The summed E-state index contributed by atoms with van der Waals surface area (Å²) in [7, 11) is 0. The molecule has 18 heavy (non-hydrogen) atoms. The minimum atomic E-state index is -0.0399. The molecule has 0 aliphatic carbocycles. The first-order valence-electron chi connectivity index (χ1n) is 6.50. The van der Waals surface area contributed by atoms with E-state index in [1.807, 2.05) is 6.07 Å². The summed E-state index contributed by atoms with van der Waals surface area (Å²) in [6, 6.07) is 4.69. The van der Waals surface area contributed by atoms with Gasteiger partial charge in [0.2, 0.25) is 5.91 Å². The third kappa shape index (κ3) is 2.80. The van der Waals surface area contributed by atoms with Crippen molar-refractivity contribution in [3.63, 3.8) is 0 Å². The van der Waals surface area contributed by atoms with E-state index in [0.717, 1.165) is 39.0 Å². The van der Waals surface area contributed by atoms with E-state index in [1.54, 1.807) is 4.90 Å². The number of hydrogen-bond acceptors (Lipinski definition) is 4. The molecule has 2 aliphatic heterocycles. The summed E-state index contributed by atoms with van der Waals surface area (Å²) >= 11 is 0. The van der Waals surface area contributed by atoms with Crippen LogP contribution in [-0.4, -0.2) is 47.9 Å². The second kappa shape index (κ2) is 5.84. The van der Waals surface area contributed by atoms with Gasteiger partial charge in [-0.05, 0) is 18.8 Å². The molecule has 2 fully saturated rings. The molecule has 0 N–H and O–H groups in total. The van der Waals surface area contributed by atoms with Gasteiger partial charge >= 0.3 is 0 Å². The summed E-state index contributed by atoms with van der Waals surface area (Å²) in [5, 5.41) is 17.1. The van der Waals surface area contributed by atoms with Crippen LogP contribution >= 0.6 is 0 Å². The third-order valence-electron chi connectivity index (χ3n) is 3.93. The van der Waals surface area contributed by atoms with Crippen LogP contribution in [0.4, 0.5) is 0 Å². The number of nitrogens with zero attached hydrogens (tertiary/aromatic N) is 4. The lowest BCUT2D eigenvalue weighted by molar-refractivity contribution is -0.132. The molecule has 0 spiro atoms. The summed E-state index contributed by atoms with van der Waals surface area (Å²) < 4.78 is 0. The highest BCUT2D eigenvalue weighted by molar-refractivity contribution is 5.78. The second-order valence-electron chi connectivity index (χ2n) is 5.13. The summed E-state index contributed by atoms with van der Waals surface area (Å²) in [5.74, 6) is 0.509. The Bertz CT molecular complexity index is 381. The van der Waals surface area contributed by atoms with Gasteiger partial charge in [0, 0.05) is 38.6 Å². The van der Waals surface area contributed by atoms with Crippen molar-refractivity contribution >= 4 is 5.91 Å². The fraction of sp³-hybridized carbons (Fsp3) is 0.769. The molecule has 0 aromatic heterocycles. The predicted molar refractivity (Wildman–Crippen MR) is 65.1 cm³/mol. The molecule has 0 radical (unpaired) electrons. The lowest BCUT2D eigenvalue weighted by atomic mass is 9.91. The monoisotopic (exact) mass is 246 g/mol. The maximum atomic E-state index is 11.5. The zero-order valence-corrected chi connectivity index (χ0v) is 10.5. The summed E-state index contributed by atoms with van der Waals surface area (Å²) in [5.41, 5.74) is 0. The Morgan fingerprint density at radius 2 is 1.83 bits per heavy atom. The number of likely N-dealkylation sites (tertiary alicyclic amines) is 2. The molecule has 2 rings (SSSR count). The van der Waals surface area contributed by atoms with Crippen LogP contribution in [0.5, 0.6) is 0 Å². The SMILES string of the molecule is N#CCC(=O)N1CCC(N2CC(CC#N)C2)CC1. The Balaban J connectivity index is 1.70. The minimum absolute atomic E-state index is 0.00136. The minimum Gasteiger partial charge on any atom is -0.342 e. The molecule has 0 aromatic rings. The molecule has 1 amide bonds. The first-order chi connectivity index (χ1) is 8.74. The van der Waals surface area contributed by atoms with E-state index < -0.39 is 0 Å². The van der Waals surface area contributed by atoms with Gasteiger partial charge in [0.15, 0.2) is 0 Å². The van der Waals surface area contributed by atoms with Crippen LogP contribution in [0.3, 0.4) is 0 Å². The van der Waals surface area contributed by atoms with Gasteiger partial charge in [-0.2, -0.15) is 10.5 Å². The molecule has 0 atom stereocenters. The first kappa shape index (κ1) is 12.9. The number of rotatable bonds is 3. The maximum Gasteiger partial charge on any atom is 0.236 e. The normalized spacial score (nSPS) is 22.0. The first-order valence-corrected chi connectivity index (χ1v) is 6.50. The van der Waals surface area contributed by atoms with E-state index in [9.17, 15) is 4.79 Å². The molecular weight excluding hydrogens is 228 g/mol. The highest BCUT2D eigenvalue weighted by Crippen LogP contribution is 2.26. The van der Waals surface area contributed by atoms with Crippen molar-refractivity contribution in [3.8, 4) is 12.1 Å². The van der Waals surface area contributed by atoms with E-state index >= 15 is 0 Å². The predicted octanol–water partition coefficient (Wildman–Crippen LogP) is 0.737. The highest BCUT2D eigenvalue weighted by Gasteiger charge is 2.34. The molecule has 0 unspecified atom stereocenters. The van der Waals surface area contributed by atoms with E-state index in [2.05, 4.69) is 11.0 Å². The Labute approximate surface area is 108 Å². The van der Waals surface area contributed by atoms with Gasteiger partial charge in [-0.25, -0.2) is 0 Å². The van der Waals surface area contributed by atoms with Gasteiger partial charge in [-0.1, -0.05) is 0 Å². The fourth-order valence-corrected chi connectivity index (χ4v) is 2.83. The quantitative estimate of drug-likeness (QED) is 0.736. The number of hydrogen-bond donors (Lipinski definition) is 0. The molecular formula is C13H18N4O. The number of carbonyl (C=O) groups is 1. The van der Waals surface area contributed by atoms with Gasteiger partial charge in [0.25, 0.3) is 0 Å². The molecule has 0 aromatic carbocycles. The molecule has 0 bridgehead atoms.